The van der Waals surface area contributed by atoms with E-state index in [0.717, 1.165) is 38.1 Å². The number of rotatable bonds is 7. The summed E-state index contributed by atoms with van der Waals surface area (Å²) >= 11 is 0. The minimum atomic E-state index is 0.00293. The van der Waals surface area contributed by atoms with Gasteiger partial charge in [0.05, 0.1) is 10.9 Å². The molecule has 5 heteroatoms. The summed E-state index contributed by atoms with van der Waals surface area (Å²) in [5.74, 6) is 0.886. The number of aromatic nitrogens is 2. The maximum atomic E-state index is 12.5. The largest absolute Gasteiger partial charge is 0.326 e. The number of nitrogens with one attached hydrogen (secondary N) is 1. The molecule has 1 N–H and O–H groups in total. The topological polar surface area (TPSA) is 64.0 Å². The highest BCUT2D eigenvalue weighted by Gasteiger charge is 2.16. The second-order valence-corrected chi connectivity index (χ2v) is 6.53. The third-order valence-electron chi connectivity index (χ3n) is 4.61. The van der Waals surface area contributed by atoms with Crippen molar-refractivity contribution in [1.82, 2.24) is 9.55 Å². The number of unbranched alkanes of at least 4 members (excludes halogenated alkanes) is 4. The van der Waals surface area contributed by atoms with Gasteiger partial charge in [0.1, 0.15) is 5.82 Å². The van der Waals surface area contributed by atoms with Crippen LogP contribution >= 0.6 is 0 Å². The zero-order chi connectivity index (χ0) is 16.9. The lowest BCUT2D eigenvalue weighted by Gasteiger charge is -2.08. The number of carbonyl (C=O) groups excluding carboxylic acids is 1. The molecule has 3 rings (SSSR count). The second-order valence-electron chi connectivity index (χ2n) is 6.53. The van der Waals surface area contributed by atoms with Crippen LogP contribution in [0.15, 0.2) is 23.0 Å². The predicted octanol–water partition coefficient (Wildman–Crippen LogP) is 3.64. The SMILES string of the molecule is CCCCCCCC(=O)Nc1ccc2nc3n(c(=O)c2c1)CCC3. The van der Waals surface area contributed by atoms with Gasteiger partial charge >= 0.3 is 0 Å². The van der Waals surface area contributed by atoms with Crippen LogP contribution in [0.1, 0.15) is 57.7 Å². The van der Waals surface area contributed by atoms with Gasteiger partial charge in [0.25, 0.3) is 5.56 Å². The Labute approximate surface area is 142 Å². The molecule has 1 aliphatic heterocycles. The number of hydrogen-bond acceptors (Lipinski definition) is 3. The van der Waals surface area contributed by atoms with Crippen molar-refractivity contribution in [2.45, 2.75) is 64.8 Å². The van der Waals surface area contributed by atoms with Crippen LogP contribution in [-0.2, 0) is 17.8 Å². The number of amides is 1. The molecule has 2 aromatic rings. The lowest BCUT2D eigenvalue weighted by Crippen LogP contribution is -2.21. The number of aryl methyl sites for hydroxylation is 1. The molecule has 1 aliphatic rings. The Morgan fingerprint density at radius 1 is 1.25 bits per heavy atom. The van der Waals surface area contributed by atoms with Crippen molar-refractivity contribution in [3.63, 3.8) is 0 Å². The molecule has 0 saturated heterocycles. The van der Waals surface area contributed by atoms with E-state index in [9.17, 15) is 9.59 Å². The lowest BCUT2D eigenvalue weighted by molar-refractivity contribution is -0.116. The van der Waals surface area contributed by atoms with Crippen molar-refractivity contribution in [2.24, 2.45) is 0 Å². The van der Waals surface area contributed by atoms with E-state index in [4.69, 9.17) is 0 Å². The molecule has 128 valence electrons. The minimum absolute atomic E-state index is 0.00293. The van der Waals surface area contributed by atoms with E-state index in [2.05, 4.69) is 17.2 Å². The first-order chi connectivity index (χ1) is 11.7. The third-order valence-corrected chi connectivity index (χ3v) is 4.61. The zero-order valence-electron chi connectivity index (χ0n) is 14.3. The molecule has 1 aromatic heterocycles. The van der Waals surface area contributed by atoms with Crippen LogP contribution in [0, 0.1) is 0 Å². The molecule has 0 bridgehead atoms. The maximum Gasteiger partial charge on any atom is 0.261 e. The first-order valence-corrected chi connectivity index (χ1v) is 9.02. The van der Waals surface area contributed by atoms with Crippen LogP contribution < -0.4 is 10.9 Å². The molecular formula is C19H25N3O2. The molecule has 0 aliphatic carbocycles. The van der Waals surface area contributed by atoms with E-state index in [1.807, 2.05) is 12.1 Å². The molecule has 1 aromatic carbocycles. The van der Waals surface area contributed by atoms with Crippen molar-refractivity contribution in [3.8, 4) is 0 Å². The van der Waals surface area contributed by atoms with E-state index >= 15 is 0 Å². The van der Waals surface area contributed by atoms with Crippen LogP contribution in [0.4, 0.5) is 5.69 Å². The number of nitrogens with zero attached hydrogens (tertiary/aromatic N) is 2. The second kappa shape index (κ2) is 7.60. The third kappa shape index (κ3) is 3.66. The Kier molecular flexibility index (Phi) is 5.28. The fraction of sp³-hybridized carbons (Fsp3) is 0.526. The van der Waals surface area contributed by atoms with Gasteiger partial charge in [-0.25, -0.2) is 4.98 Å². The summed E-state index contributed by atoms with van der Waals surface area (Å²) in [5.41, 5.74) is 1.40. The van der Waals surface area contributed by atoms with Gasteiger partial charge in [-0.05, 0) is 31.0 Å². The zero-order valence-corrected chi connectivity index (χ0v) is 14.3. The Bertz CT molecular complexity index is 795. The maximum absolute atomic E-state index is 12.5. The first-order valence-electron chi connectivity index (χ1n) is 9.02. The van der Waals surface area contributed by atoms with Crippen molar-refractivity contribution >= 4 is 22.5 Å². The summed E-state index contributed by atoms with van der Waals surface area (Å²) in [6.07, 6.45) is 8.00. The normalized spacial score (nSPS) is 13.2. The highest BCUT2D eigenvalue weighted by atomic mass is 16.1. The Morgan fingerprint density at radius 3 is 2.92 bits per heavy atom. The Hall–Kier alpha value is -2.17. The van der Waals surface area contributed by atoms with Gasteiger partial charge in [-0.2, -0.15) is 0 Å². The van der Waals surface area contributed by atoms with Crippen LogP contribution in [-0.4, -0.2) is 15.5 Å². The van der Waals surface area contributed by atoms with E-state index in [-0.39, 0.29) is 11.5 Å². The van der Waals surface area contributed by atoms with Crippen LogP contribution in [0.2, 0.25) is 0 Å². The number of benzene rings is 1. The minimum Gasteiger partial charge on any atom is -0.326 e. The molecular weight excluding hydrogens is 302 g/mol. The summed E-state index contributed by atoms with van der Waals surface area (Å²) in [7, 11) is 0. The van der Waals surface area contributed by atoms with Gasteiger partial charge in [0.15, 0.2) is 0 Å². The molecule has 0 spiro atoms. The smallest absolute Gasteiger partial charge is 0.261 e. The van der Waals surface area contributed by atoms with Gasteiger partial charge in [-0.3, -0.25) is 14.2 Å². The molecule has 1 amide bonds. The molecule has 0 atom stereocenters. The fourth-order valence-corrected chi connectivity index (χ4v) is 3.27. The van der Waals surface area contributed by atoms with Crippen molar-refractivity contribution in [2.75, 3.05) is 5.32 Å². The van der Waals surface area contributed by atoms with Crippen molar-refractivity contribution in [3.05, 3.63) is 34.4 Å². The van der Waals surface area contributed by atoms with Crippen LogP contribution in [0.5, 0.6) is 0 Å². The average molecular weight is 327 g/mol. The monoisotopic (exact) mass is 327 g/mol. The highest BCUT2D eigenvalue weighted by Crippen LogP contribution is 2.18. The lowest BCUT2D eigenvalue weighted by atomic mass is 10.1. The fourth-order valence-electron chi connectivity index (χ4n) is 3.27. The number of carbonyl (C=O) groups is 1. The van der Waals surface area contributed by atoms with Gasteiger partial charge in [0.2, 0.25) is 5.91 Å². The molecule has 0 fully saturated rings. The summed E-state index contributed by atoms with van der Waals surface area (Å²) in [5, 5.41) is 3.49. The molecule has 0 unspecified atom stereocenters. The summed E-state index contributed by atoms with van der Waals surface area (Å²) in [4.78, 5) is 29.1. The summed E-state index contributed by atoms with van der Waals surface area (Å²) in [6.45, 7) is 2.92. The Morgan fingerprint density at radius 2 is 2.08 bits per heavy atom. The van der Waals surface area contributed by atoms with Gasteiger partial charge in [-0.1, -0.05) is 32.6 Å². The van der Waals surface area contributed by atoms with E-state index in [1.54, 1.807) is 10.6 Å². The van der Waals surface area contributed by atoms with Crippen molar-refractivity contribution < 1.29 is 4.79 Å². The average Bonchev–Trinajstić information content (AvgIpc) is 3.04. The van der Waals surface area contributed by atoms with Crippen molar-refractivity contribution in [1.29, 1.82) is 0 Å². The number of anilines is 1. The molecule has 2 heterocycles. The highest BCUT2D eigenvalue weighted by molar-refractivity contribution is 5.93. The van der Waals surface area contributed by atoms with Gasteiger partial charge in [0, 0.05) is 25.1 Å². The predicted molar refractivity (Wildman–Crippen MR) is 96.3 cm³/mol. The molecule has 5 nitrogen and oxygen atoms in total. The summed E-state index contributed by atoms with van der Waals surface area (Å²) < 4.78 is 1.75. The summed E-state index contributed by atoms with van der Waals surface area (Å²) in [6, 6.07) is 5.41. The molecule has 0 saturated carbocycles. The molecule has 0 radical (unpaired) electrons. The first kappa shape index (κ1) is 16.7. The van der Waals surface area contributed by atoms with Gasteiger partial charge < -0.3 is 5.32 Å². The number of fused-ring (bicyclic) bond motifs is 2. The van der Waals surface area contributed by atoms with E-state index < -0.39 is 0 Å². The standard InChI is InChI=1S/C19H25N3O2/c1-2-3-4-5-6-9-18(23)20-14-10-11-16-15(13-14)19(24)22-12-7-8-17(22)21-16/h10-11,13H,2-9,12H2,1H3,(H,20,23). The van der Waals surface area contributed by atoms with Gasteiger partial charge in [-0.15, -0.1) is 0 Å². The van der Waals surface area contributed by atoms with Crippen LogP contribution in [0.3, 0.4) is 0 Å². The molecule has 24 heavy (non-hydrogen) atoms. The Balaban J connectivity index is 1.67. The van der Waals surface area contributed by atoms with E-state index in [1.165, 1.54) is 19.3 Å². The number of hydrogen-bond donors (Lipinski definition) is 1. The van der Waals surface area contributed by atoms with Crippen LogP contribution in [0.25, 0.3) is 10.9 Å². The quantitative estimate of drug-likeness (QED) is 0.790. The van der Waals surface area contributed by atoms with E-state index in [0.29, 0.717) is 23.0 Å².